The lowest BCUT2D eigenvalue weighted by atomic mass is 9.70. The lowest BCUT2D eigenvalue weighted by molar-refractivity contribution is -0.0563. The summed E-state index contributed by atoms with van der Waals surface area (Å²) in [5, 5.41) is 10.9. The number of sulfonamides is 1. The van der Waals surface area contributed by atoms with Crippen LogP contribution in [-0.2, 0) is 27.8 Å². The molecule has 0 bridgehead atoms. The molecule has 2 aromatic rings. The number of nitrogens with zero attached hydrogens (tertiary/aromatic N) is 1. The molecule has 2 heterocycles. The number of amides is 1. The highest BCUT2D eigenvalue weighted by molar-refractivity contribution is 7.90. The Morgan fingerprint density at radius 2 is 1.98 bits per heavy atom. The van der Waals surface area contributed by atoms with Gasteiger partial charge < -0.3 is 19.5 Å². The van der Waals surface area contributed by atoms with Crippen LogP contribution in [0.1, 0.15) is 93.1 Å². The molecule has 10 heteroatoms. The zero-order chi connectivity index (χ0) is 35.0. The molecular formula is C39H53ClN2O6S. The number of hydrogen-bond donors (Lipinski definition) is 2. The van der Waals surface area contributed by atoms with Gasteiger partial charge in [-0.2, -0.15) is 0 Å². The van der Waals surface area contributed by atoms with E-state index in [1.165, 1.54) is 0 Å². The standard InChI is InChI=1S/C39H53ClN2O6S/c1-4-6-7-12-36(43)34-17-14-30(34)25-42-20-9-8-11-28-22-32(40)16-13-31(28)26-48-37-18-15-29(23-35(37)42)39(44)41-49(45,46)38(27(3)10-5-2)24-33-19-21-47-33/h5,7,12-13,15-16,18,22-23,27,30,33-34,36,38,43H,2,4,6,8-11,14,17,19-21,24-26H2,1,3H3,(H,41,44)/b12-7+/t27-,30+,33+,34-,36+,38-/m1/s1. The van der Waals surface area contributed by atoms with Gasteiger partial charge >= 0.3 is 0 Å². The van der Waals surface area contributed by atoms with Crippen LogP contribution >= 0.6 is 11.6 Å². The van der Waals surface area contributed by atoms with Crippen LogP contribution in [0.5, 0.6) is 5.75 Å². The highest BCUT2D eigenvalue weighted by Gasteiger charge is 2.38. The Hall–Kier alpha value is -2.85. The number of aryl methyl sites for hydroxylation is 1. The first-order valence-electron chi connectivity index (χ1n) is 18.0. The van der Waals surface area contributed by atoms with Crippen LogP contribution in [0, 0.1) is 17.8 Å². The zero-order valence-corrected chi connectivity index (χ0v) is 30.6. The summed E-state index contributed by atoms with van der Waals surface area (Å²) in [6, 6.07) is 11.1. The molecule has 1 saturated carbocycles. The van der Waals surface area contributed by atoms with Crippen LogP contribution in [0.25, 0.3) is 0 Å². The summed E-state index contributed by atoms with van der Waals surface area (Å²) in [6.45, 7) is 10.2. The van der Waals surface area contributed by atoms with Crippen LogP contribution < -0.4 is 14.4 Å². The quantitative estimate of drug-likeness (QED) is 0.194. The molecule has 3 aliphatic rings. The number of carbonyl (C=O) groups excluding carboxylic acids is 1. The summed E-state index contributed by atoms with van der Waals surface area (Å²) < 4.78 is 41.9. The van der Waals surface area contributed by atoms with Gasteiger partial charge in [-0.15, -0.1) is 6.58 Å². The Labute approximate surface area is 298 Å². The van der Waals surface area contributed by atoms with E-state index < -0.39 is 27.3 Å². The molecule has 0 radical (unpaired) electrons. The monoisotopic (exact) mass is 712 g/mol. The average molecular weight is 713 g/mol. The second-order valence-electron chi connectivity index (χ2n) is 14.0. The summed E-state index contributed by atoms with van der Waals surface area (Å²) in [7, 11) is -4.02. The third-order valence-corrected chi connectivity index (χ3v) is 12.7. The second kappa shape index (κ2) is 17.4. The van der Waals surface area contributed by atoms with Crippen molar-refractivity contribution in [3.63, 3.8) is 0 Å². The lowest BCUT2D eigenvalue weighted by Gasteiger charge is -2.42. The summed E-state index contributed by atoms with van der Waals surface area (Å²) in [5.41, 5.74) is 3.23. The number of halogens is 1. The van der Waals surface area contributed by atoms with E-state index in [0.717, 1.165) is 74.7 Å². The summed E-state index contributed by atoms with van der Waals surface area (Å²) in [6.07, 6.45) is 13.4. The predicted molar refractivity (Wildman–Crippen MR) is 197 cm³/mol. The van der Waals surface area contributed by atoms with Gasteiger partial charge in [0.1, 0.15) is 12.4 Å². The fourth-order valence-electron chi connectivity index (χ4n) is 7.25. The van der Waals surface area contributed by atoms with E-state index in [1.807, 2.05) is 31.2 Å². The van der Waals surface area contributed by atoms with Crippen molar-refractivity contribution in [1.82, 2.24) is 4.72 Å². The Morgan fingerprint density at radius 3 is 2.67 bits per heavy atom. The number of carbonyl (C=O) groups is 1. The Bertz CT molecular complexity index is 1580. The fraction of sp³-hybridized carbons (Fsp3) is 0.564. The van der Waals surface area contributed by atoms with Crippen LogP contribution in [0.15, 0.2) is 61.2 Å². The highest BCUT2D eigenvalue weighted by atomic mass is 35.5. The normalized spacial score (nSPS) is 23.0. The van der Waals surface area contributed by atoms with E-state index in [0.29, 0.717) is 43.4 Å². The van der Waals surface area contributed by atoms with E-state index in [1.54, 1.807) is 24.3 Å². The molecule has 2 fully saturated rings. The summed E-state index contributed by atoms with van der Waals surface area (Å²) in [4.78, 5) is 16.0. The van der Waals surface area contributed by atoms with Crippen molar-refractivity contribution in [1.29, 1.82) is 0 Å². The second-order valence-corrected chi connectivity index (χ2v) is 16.4. The number of unbranched alkanes of at least 4 members (excludes halogenated alkanes) is 1. The number of ether oxygens (including phenoxy) is 2. The minimum atomic E-state index is -4.02. The number of hydrogen-bond acceptors (Lipinski definition) is 7. The minimum Gasteiger partial charge on any atom is -0.487 e. The molecule has 2 aromatic carbocycles. The SMILES string of the molecule is C=CC[C@@H](C)[C@@H](C[C@@H]1CCO1)S(=O)(=O)NC(=O)c1ccc2c(c1)N(C[C@@H]1CC[C@H]1[C@@H](O)/C=C/CCC)CCCCc1cc(Cl)ccc1CO2. The maximum atomic E-state index is 13.7. The largest absolute Gasteiger partial charge is 0.487 e. The predicted octanol–water partition coefficient (Wildman–Crippen LogP) is 7.62. The van der Waals surface area contributed by atoms with Gasteiger partial charge in [-0.3, -0.25) is 4.79 Å². The molecule has 2 N–H and O–H groups in total. The number of allylic oxidation sites excluding steroid dienone is 2. The van der Waals surface area contributed by atoms with Crippen molar-refractivity contribution in [2.45, 2.75) is 102 Å². The first-order valence-corrected chi connectivity index (χ1v) is 19.9. The molecule has 1 amide bonds. The molecule has 8 nitrogen and oxygen atoms in total. The highest BCUT2D eigenvalue weighted by Crippen LogP contribution is 2.41. The lowest BCUT2D eigenvalue weighted by Crippen LogP contribution is -2.45. The Morgan fingerprint density at radius 1 is 1.16 bits per heavy atom. The molecule has 0 unspecified atom stereocenters. The molecule has 268 valence electrons. The van der Waals surface area contributed by atoms with Gasteiger partial charge in [-0.05, 0) is 117 Å². The zero-order valence-electron chi connectivity index (χ0n) is 29.0. The van der Waals surface area contributed by atoms with Gasteiger partial charge in [-0.25, -0.2) is 13.1 Å². The summed E-state index contributed by atoms with van der Waals surface area (Å²) in [5.74, 6) is 0.159. The average Bonchev–Trinajstić information content (AvgIpc) is 3.05. The third kappa shape index (κ3) is 9.69. The van der Waals surface area contributed by atoms with Crippen LogP contribution in [-0.4, -0.2) is 56.6 Å². The molecule has 0 spiro atoms. The van der Waals surface area contributed by atoms with Crippen molar-refractivity contribution in [3.8, 4) is 5.75 Å². The molecule has 1 aliphatic carbocycles. The molecule has 49 heavy (non-hydrogen) atoms. The van der Waals surface area contributed by atoms with Crippen molar-refractivity contribution in [3.05, 3.63) is 82.9 Å². The summed E-state index contributed by atoms with van der Waals surface area (Å²) >= 11 is 6.35. The van der Waals surface area contributed by atoms with E-state index >= 15 is 0 Å². The fourth-order valence-corrected chi connectivity index (χ4v) is 9.16. The number of nitrogens with one attached hydrogen (secondary N) is 1. The topological polar surface area (TPSA) is 105 Å². The number of aliphatic hydroxyl groups excluding tert-OH is 1. The maximum Gasteiger partial charge on any atom is 0.264 e. The van der Waals surface area contributed by atoms with Crippen molar-refractivity contribution in [2.75, 3.05) is 24.6 Å². The number of rotatable bonds is 14. The van der Waals surface area contributed by atoms with Crippen LogP contribution in [0.3, 0.4) is 0 Å². The number of benzene rings is 2. The maximum absolute atomic E-state index is 13.7. The van der Waals surface area contributed by atoms with Crippen molar-refractivity contribution in [2.24, 2.45) is 17.8 Å². The molecular weight excluding hydrogens is 660 g/mol. The van der Waals surface area contributed by atoms with E-state index in [2.05, 4.69) is 29.2 Å². The van der Waals surface area contributed by atoms with Crippen molar-refractivity contribution < 1.29 is 27.8 Å². The smallest absolute Gasteiger partial charge is 0.264 e. The number of fused-ring (bicyclic) bond motifs is 2. The molecule has 5 rings (SSSR count). The molecule has 2 aliphatic heterocycles. The van der Waals surface area contributed by atoms with Crippen LogP contribution in [0.2, 0.25) is 5.02 Å². The van der Waals surface area contributed by atoms with E-state index in [9.17, 15) is 18.3 Å². The van der Waals surface area contributed by atoms with Gasteiger partial charge in [0, 0.05) is 30.3 Å². The third-order valence-electron chi connectivity index (χ3n) is 10.5. The van der Waals surface area contributed by atoms with Gasteiger partial charge in [0.05, 0.1) is 23.1 Å². The Balaban J connectivity index is 1.42. The first-order chi connectivity index (χ1) is 23.6. The molecule has 0 aromatic heterocycles. The first kappa shape index (κ1) is 37.4. The van der Waals surface area contributed by atoms with Gasteiger partial charge in [0.25, 0.3) is 5.91 Å². The number of anilines is 1. The van der Waals surface area contributed by atoms with E-state index in [-0.39, 0.29) is 29.4 Å². The van der Waals surface area contributed by atoms with Gasteiger partial charge in [0.15, 0.2) is 0 Å². The molecule has 1 saturated heterocycles. The van der Waals surface area contributed by atoms with Gasteiger partial charge in [-0.1, -0.05) is 56.2 Å². The minimum absolute atomic E-state index is 0.125. The van der Waals surface area contributed by atoms with Crippen molar-refractivity contribution >= 4 is 33.2 Å². The van der Waals surface area contributed by atoms with Crippen LogP contribution in [0.4, 0.5) is 5.69 Å². The van der Waals surface area contributed by atoms with Gasteiger partial charge in [0.2, 0.25) is 10.0 Å². The number of aliphatic hydroxyl groups is 1. The molecule has 6 atom stereocenters. The Kier molecular flexibility index (Phi) is 13.3. The van der Waals surface area contributed by atoms with E-state index in [4.69, 9.17) is 21.1 Å².